The summed E-state index contributed by atoms with van der Waals surface area (Å²) in [6.45, 7) is 6.72. The fraction of sp³-hybridized carbons (Fsp3) is 0.490. The minimum Gasteiger partial charge on any atom is -0.379 e. The number of nitrogens with zero attached hydrogens (tertiary/aromatic N) is 6. The number of carbonyl (C=O) groups excluding carboxylic acids is 8. The molecule has 3 aliphatic heterocycles. The second-order valence-electron chi connectivity index (χ2n) is 16.0. The van der Waals surface area contributed by atoms with Crippen molar-refractivity contribution in [2.24, 2.45) is 5.11 Å². The van der Waals surface area contributed by atoms with Gasteiger partial charge in [0.05, 0.1) is 105 Å². The van der Waals surface area contributed by atoms with E-state index in [0.29, 0.717) is 112 Å². The highest BCUT2D eigenvalue weighted by molar-refractivity contribution is 6.13. The molecule has 3 N–H and O–H groups in total. The van der Waals surface area contributed by atoms with E-state index in [0.717, 1.165) is 32.2 Å². The van der Waals surface area contributed by atoms with Gasteiger partial charge in [-0.05, 0) is 29.3 Å². The zero-order valence-electron chi connectivity index (χ0n) is 41.9. The molecule has 0 spiro atoms. The van der Waals surface area contributed by atoms with E-state index < -0.39 is 23.6 Å². The van der Waals surface area contributed by atoms with Gasteiger partial charge in [0.2, 0.25) is 23.6 Å². The molecule has 2 aromatic carbocycles. The van der Waals surface area contributed by atoms with Crippen molar-refractivity contribution in [3.63, 3.8) is 0 Å². The fourth-order valence-electron chi connectivity index (χ4n) is 6.79. The lowest BCUT2D eigenvalue weighted by molar-refractivity contribution is -0.139. The molecule has 8 amide bonds. The zero-order valence-corrected chi connectivity index (χ0v) is 41.9. The molecule has 0 aliphatic carbocycles. The molecule has 3 heterocycles. The van der Waals surface area contributed by atoms with Crippen LogP contribution in [0.2, 0.25) is 0 Å². The van der Waals surface area contributed by atoms with Crippen LogP contribution in [-0.4, -0.2) is 189 Å². The molecule has 0 saturated carbocycles. The number of rotatable bonds is 36. The van der Waals surface area contributed by atoms with Gasteiger partial charge in [-0.15, -0.1) is 0 Å². The van der Waals surface area contributed by atoms with Gasteiger partial charge in [-0.2, -0.15) is 0 Å². The summed E-state index contributed by atoms with van der Waals surface area (Å²) in [5.41, 5.74) is 11.5. The van der Waals surface area contributed by atoms with Gasteiger partial charge in [-0.1, -0.05) is 47.3 Å². The molecule has 24 nitrogen and oxygen atoms in total. The molecule has 5 rings (SSSR count). The summed E-state index contributed by atoms with van der Waals surface area (Å²) >= 11 is 0. The third kappa shape index (κ3) is 24.5. The van der Waals surface area contributed by atoms with Crippen molar-refractivity contribution in [2.45, 2.75) is 32.2 Å². The number of hydrogen-bond donors (Lipinski definition) is 3. The highest BCUT2D eigenvalue weighted by Crippen LogP contribution is 2.26. The summed E-state index contributed by atoms with van der Waals surface area (Å²) in [4.78, 5) is 101. The van der Waals surface area contributed by atoms with Crippen molar-refractivity contribution < 1.29 is 71.5 Å². The highest BCUT2D eigenvalue weighted by Gasteiger charge is 2.25. The first-order valence-corrected chi connectivity index (χ1v) is 24.5. The second-order valence-corrected chi connectivity index (χ2v) is 16.0. The van der Waals surface area contributed by atoms with E-state index in [1.165, 1.54) is 24.3 Å². The SMILES string of the molecule is O=C(CCOCCOCCOCCOCCNC(=O)CCN1C(=O)C=CC1=O)NCCC(=O)N1Cc2ccccc2C#Cc2ccccc21.[N-]=[N+]=NCCOCCOCCOCCNC(=O)CCN1C(=O)C=CC1=O. The van der Waals surface area contributed by atoms with Gasteiger partial charge in [-0.3, -0.25) is 48.2 Å². The van der Waals surface area contributed by atoms with Gasteiger partial charge in [-0.25, -0.2) is 0 Å². The van der Waals surface area contributed by atoms with E-state index in [9.17, 15) is 38.4 Å². The van der Waals surface area contributed by atoms with Crippen molar-refractivity contribution >= 4 is 52.9 Å². The predicted octanol–water partition coefficient (Wildman–Crippen LogP) is 1.10. The molecule has 0 saturated heterocycles. The standard InChI is InChI=1S/C36H42N4O9.C15H23N5O6/c41-32(14-18-39-34(43)11-12-35(39)44)38-17-20-47-22-24-49-26-25-48-23-21-46-19-15-33(42)37-16-13-36(45)40-27-30-7-2-1-5-28(30)9-10-29-6-3-4-8-31(29)40;16-19-18-5-8-25-10-12-26-11-9-24-7-4-17-13(21)3-6-20-14(22)1-2-15(20)23/h1-8,11-12H,13-27H2,(H,37,42)(H,38,41);1-2H,3-12H2,(H,17,21). The number of azide groups is 1. The first-order valence-electron chi connectivity index (χ1n) is 24.5. The molecule has 0 aromatic heterocycles. The molecule has 0 bridgehead atoms. The summed E-state index contributed by atoms with van der Waals surface area (Å²) in [6, 6.07) is 15.4. The number of fused-ring (bicyclic) bond motifs is 2. The van der Waals surface area contributed by atoms with Gasteiger partial charge in [0.1, 0.15) is 0 Å². The molecule has 0 atom stereocenters. The molecular formula is C51H65N9O15. The zero-order chi connectivity index (χ0) is 53.7. The predicted molar refractivity (Wildman–Crippen MR) is 269 cm³/mol. The van der Waals surface area contributed by atoms with Crippen LogP contribution in [0.25, 0.3) is 10.4 Å². The van der Waals surface area contributed by atoms with Crippen LogP contribution >= 0.6 is 0 Å². The molecule has 24 heteroatoms. The monoisotopic (exact) mass is 1040 g/mol. The van der Waals surface area contributed by atoms with E-state index in [2.05, 4.69) is 37.8 Å². The smallest absolute Gasteiger partial charge is 0.253 e. The lowest BCUT2D eigenvalue weighted by atomic mass is 10.0. The normalized spacial score (nSPS) is 13.2. The molecule has 0 unspecified atom stereocenters. The number of para-hydroxylation sites is 1. The van der Waals surface area contributed by atoms with Crippen LogP contribution in [0.4, 0.5) is 5.69 Å². The number of imide groups is 2. The lowest BCUT2D eigenvalue weighted by Crippen LogP contribution is -2.35. The summed E-state index contributed by atoms with van der Waals surface area (Å²) in [5, 5.41) is 11.4. The molecule has 0 fully saturated rings. The molecule has 3 aliphatic rings. The van der Waals surface area contributed by atoms with E-state index >= 15 is 0 Å². The summed E-state index contributed by atoms with van der Waals surface area (Å²) in [7, 11) is 0. The average molecular weight is 1040 g/mol. The molecule has 75 heavy (non-hydrogen) atoms. The largest absolute Gasteiger partial charge is 0.379 e. The maximum absolute atomic E-state index is 13.2. The third-order valence-electron chi connectivity index (χ3n) is 10.6. The van der Waals surface area contributed by atoms with Crippen molar-refractivity contribution in [1.29, 1.82) is 0 Å². The van der Waals surface area contributed by atoms with Crippen LogP contribution in [0, 0.1) is 11.8 Å². The van der Waals surface area contributed by atoms with Gasteiger partial charge < -0.3 is 54.0 Å². The van der Waals surface area contributed by atoms with Crippen molar-refractivity contribution in [2.75, 3.05) is 137 Å². The minimum atomic E-state index is -0.408. The van der Waals surface area contributed by atoms with Crippen molar-refractivity contribution in [3.05, 3.63) is 100.0 Å². The number of anilines is 1. The number of amides is 8. The van der Waals surface area contributed by atoms with E-state index in [4.69, 9.17) is 38.7 Å². The first kappa shape index (κ1) is 60.2. The molecule has 2 aromatic rings. The van der Waals surface area contributed by atoms with Crippen LogP contribution in [0.5, 0.6) is 0 Å². The Hall–Kier alpha value is -7.33. The van der Waals surface area contributed by atoms with Crippen LogP contribution < -0.4 is 20.9 Å². The Labute approximate surface area is 434 Å². The van der Waals surface area contributed by atoms with Crippen LogP contribution in [0.3, 0.4) is 0 Å². The van der Waals surface area contributed by atoms with Crippen molar-refractivity contribution in [1.82, 2.24) is 25.8 Å². The lowest BCUT2D eigenvalue weighted by Gasteiger charge is -2.26. The van der Waals surface area contributed by atoms with Gasteiger partial charge in [0.25, 0.3) is 23.6 Å². The van der Waals surface area contributed by atoms with Crippen molar-refractivity contribution in [3.8, 4) is 11.8 Å². The Kier molecular flexibility index (Phi) is 29.4. The number of ether oxygens (including phenoxy) is 7. The van der Waals surface area contributed by atoms with E-state index in [1.807, 2.05) is 48.5 Å². The Bertz CT molecular complexity index is 2350. The Balaban J connectivity index is 0.000000395. The Morgan fingerprint density at radius 1 is 0.507 bits per heavy atom. The Morgan fingerprint density at radius 2 is 0.920 bits per heavy atom. The maximum Gasteiger partial charge on any atom is 0.253 e. The molecular weight excluding hydrogens is 979 g/mol. The number of benzene rings is 2. The molecule has 0 radical (unpaired) electrons. The molecule has 404 valence electrons. The minimum absolute atomic E-state index is 0.0369. The van der Waals surface area contributed by atoms with Crippen LogP contribution in [0.15, 0.2) is 77.9 Å². The van der Waals surface area contributed by atoms with E-state index in [1.54, 1.807) is 4.90 Å². The Morgan fingerprint density at radius 3 is 1.44 bits per heavy atom. The number of hydrogen-bond acceptors (Lipinski definition) is 16. The summed E-state index contributed by atoms with van der Waals surface area (Å²) in [5.74, 6) is 3.97. The highest BCUT2D eigenvalue weighted by atomic mass is 16.6. The third-order valence-corrected chi connectivity index (χ3v) is 10.6. The van der Waals surface area contributed by atoms with E-state index in [-0.39, 0.29) is 75.6 Å². The fourth-order valence-corrected chi connectivity index (χ4v) is 6.79. The summed E-state index contributed by atoms with van der Waals surface area (Å²) < 4.78 is 37.5. The second kappa shape index (κ2) is 36.6. The van der Waals surface area contributed by atoms with Gasteiger partial charge in [0.15, 0.2) is 0 Å². The quantitative estimate of drug-likeness (QED) is 0.0215. The van der Waals surface area contributed by atoms with Crippen LogP contribution in [-0.2, 0) is 78.1 Å². The number of nitrogens with one attached hydrogen (secondary N) is 3. The topological polar surface area (TPSA) is 296 Å². The maximum atomic E-state index is 13.2. The first-order chi connectivity index (χ1) is 36.6. The van der Waals surface area contributed by atoms with Gasteiger partial charge >= 0.3 is 0 Å². The number of carbonyl (C=O) groups is 8. The van der Waals surface area contributed by atoms with Gasteiger partial charge in [0, 0.05) is 105 Å². The summed E-state index contributed by atoms with van der Waals surface area (Å²) in [6.07, 6.45) is 5.17. The average Bonchev–Trinajstić information content (AvgIpc) is 3.91. The van der Waals surface area contributed by atoms with Crippen LogP contribution in [0.1, 0.15) is 42.4 Å².